The zero-order valence-corrected chi connectivity index (χ0v) is 8.24. The molecular formula is C9H19P. The van der Waals surface area contributed by atoms with E-state index in [9.17, 15) is 0 Å². The number of hydrogen-bond acceptors (Lipinski definition) is 0. The molecule has 0 unspecified atom stereocenters. The van der Waals surface area contributed by atoms with E-state index in [1.54, 1.807) is 0 Å². The molecule has 0 aromatic rings. The third-order valence-electron chi connectivity index (χ3n) is 3.16. The minimum absolute atomic E-state index is 0.769. The second kappa shape index (κ2) is 3.72. The first-order chi connectivity index (χ1) is 4.83. The predicted molar refractivity (Wildman–Crippen MR) is 50.3 cm³/mol. The van der Waals surface area contributed by atoms with Crippen molar-refractivity contribution in [3.8, 4) is 0 Å². The third kappa shape index (κ3) is 1.72. The van der Waals surface area contributed by atoms with Gasteiger partial charge in [0.2, 0.25) is 0 Å². The van der Waals surface area contributed by atoms with E-state index in [-0.39, 0.29) is 0 Å². The van der Waals surface area contributed by atoms with Crippen LogP contribution in [0, 0.1) is 5.41 Å². The molecular weight excluding hydrogens is 139 g/mol. The fraction of sp³-hybridized carbons (Fsp3) is 1.00. The van der Waals surface area contributed by atoms with Gasteiger partial charge >= 0.3 is 0 Å². The van der Waals surface area contributed by atoms with Gasteiger partial charge in [-0.3, -0.25) is 0 Å². The summed E-state index contributed by atoms with van der Waals surface area (Å²) in [7, 11) is 1.27. The Morgan fingerprint density at radius 3 is 1.90 bits per heavy atom. The molecule has 0 atom stereocenters. The first kappa shape index (κ1) is 8.53. The van der Waals surface area contributed by atoms with Crippen molar-refractivity contribution in [2.24, 2.45) is 5.41 Å². The SMILES string of the molecule is CCC1(CC)CCPCC1. The van der Waals surface area contributed by atoms with Gasteiger partial charge in [-0.05, 0) is 30.6 Å². The summed E-state index contributed by atoms with van der Waals surface area (Å²) in [5, 5.41) is 0. The van der Waals surface area contributed by atoms with Crippen molar-refractivity contribution in [3.63, 3.8) is 0 Å². The van der Waals surface area contributed by atoms with Crippen molar-refractivity contribution in [1.29, 1.82) is 0 Å². The molecule has 0 N–H and O–H groups in total. The molecule has 60 valence electrons. The smallest absolute Gasteiger partial charge is 0.0296 e. The summed E-state index contributed by atoms with van der Waals surface area (Å²) in [6.07, 6.45) is 8.88. The molecule has 1 rings (SSSR count). The Morgan fingerprint density at radius 2 is 1.60 bits per heavy atom. The van der Waals surface area contributed by atoms with Crippen molar-refractivity contribution in [1.82, 2.24) is 0 Å². The lowest BCUT2D eigenvalue weighted by atomic mass is 9.77. The van der Waals surface area contributed by atoms with Crippen molar-refractivity contribution in [3.05, 3.63) is 0 Å². The van der Waals surface area contributed by atoms with Gasteiger partial charge in [-0.25, -0.2) is 0 Å². The van der Waals surface area contributed by atoms with Crippen molar-refractivity contribution < 1.29 is 0 Å². The Balaban J connectivity index is 2.44. The van der Waals surface area contributed by atoms with Gasteiger partial charge in [-0.2, -0.15) is 0 Å². The molecule has 0 nitrogen and oxygen atoms in total. The van der Waals surface area contributed by atoms with E-state index in [2.05, 4.69) is 13.8 Å². The molecule has 1 aliphatic heterocycles. The van der Waals surface area contributed by atoms with Gasteiger partial charge in [-0.1, -0.05) is 26.7 Å². The molecule has 0 radical (unpaired) electrons. The molecule has 1 fully saturated rings. The highest BCUT2D eigenvalue weighted by atomic mass is 31.1. The second-order valence-electron chi connectivity index (χ2n) is 3.46. The third-order valence-corrected chi connectivity index (χ3v) is 4.37. The molecule has 1 heterocycles. The minimum atomic E-state index is 0.769. The zero-order valence-electron chi connectivity index (χ0n) is 7.24. The highest BCUT2D eigenvalue weighted by Crippen LogP contribution is 2.42. The van der Waals surface area contributed by atoms with Gasteiger partial charge in [0.1, 0.15) is 0 Å². The normalized spacial score (nSPS) is 24.6. The van der Waals surface area contributed by atoms with Crippen molar-refractivity contribution >= 4 is 8.58 Å². The summed E-state index contributed by atoms with van der Waals surface area (Å²) in [4.78, 5) is 0. The summed E-state index contributed by atoms with van der Waals surface area (Å²) < 4.78 is 0. The quantitative estimate of drug-likeness (QED) is 0.541. The lowest BCUT2D eigenvalue weighted by molar-refractivity contribution is 0.237. The van der Waals surface area contributed by atoms with Crippen LogP contribution in [-0.2, 0) is 0 Å². The summed E-state index contributed by atoms with van der Waals surface area (Å²) in [5.41, 5.74) is 0.769. The Bertz CT molecular complexity index is 86.9. The topological polar surface area (TPSA) is 0 Å². The molecule has 10 heavy (non-hydrogen) atoms. The maximum Gasteiger partial charge on any atom is -0.0296 e. The largest absolute Gasteiger partial charge is 0.122 e. The highest BCUT2D eigenvalue weighted by Gasteiger charge is 2.27. The maximum absolute atomic E-state index is 2.36. The lowest BCUT2D eigenvalue weighted by Gasteiger charge is -2.35. The molecule has 0 aromatic heterocycles. The first-order valence-corrected chi connectivity index (χ1v) is 5.95. The summed E-state index contributed by atoms with van der Waals surface area (Å²) >= 11 is 0. The monoisotopic (exact) mass is 158 g/mol. The summed E-state index contributed by atoms with van der Waals surface area (Å²) in [6.45, 7) is 4.72. The van der Waals surface area contributed by atoms with E-state index >= 15 is 0 Å². The van der Waals surface area contributed by atoms with Crippen LogP contribution >= 0.6 is 8.58 Å². The van der Waals surface area contributed by atoms with Crippen LogP contribution in [0.5, 0.6) is 0 Å². The molecule has 0 aliphatic carbocycles. The standard InChI is InChI=1S/C9H19P/c1-3-9(4-2)5-7-10-8-6-9/h10H,3-8H2,1-2H3. The molecule has 0 bridgehead atoms. The van der Waals surface area contributed by atoms with Gasteiger partial charge in [-0.15, -0.1) is 8.58 Å². The fourth-order valence-corrected chi connectivity index (χ4v) is 3.58. The summed E-state index contributed by atoms with van der Waals surface area (Å²) in [5.74, 6) is 0. The van der Waals surface area contributed by atoms with Gasteiger partial charge in [0.05, 0.1) is 0 Å². The van der Waals surface area contributed by atoms with Crippen molar-refractivity contribution in [2.75, 3.05) is 12.3 Å². The van der Waals surface area contributed by atoms with Crippen LogP contribution in [0.3, 0.4) is 0 Å². The van der Waals surface area contributed by atoms with E-state index < -0.39 is 0 Å². The van der Waals surface area contributed by atoms with E-state index in [0.717, 1.165) is 5.41 Å². The van der Waals surface area contributed by atoms with E-state index in [0.29, 0.717) is 0 Å². The molecule has 0 amide bonds. The first-order valence-electron chi connectivity index (χ1n) is 4.54. The predicted octanol–water partition coefficient (Wildman–Crippen LogP) is 3.27. The van der Waals surface area contributed by atoms with E-state index in [1.807, 2.05) is 0 Å². The Kier molecular flexibility index (Phi) is 3.17. The molecule has 0 aromatic carbocycles. The fourth-order valence-electron chi connectivity index (χ4n) is 1.91. The van der Waals surface area contributed by atoms with Crippen LogP contribution in [0.25, 0.3) is 0 Å². The molecule has 1 heteroatoms. The number of hydrogen-bond donors (Lipinski definition) is 0. The molecule has 0 spiro atoms. The van der Waals surface area contributed by atoms with Gasteiger partial charge in [0, 0.05) is 0 Å². The second-order valence-corrected chi connectivity index (χ2v) is 4.96. The van der Waals surface area contributed by atoms with Crippen LogP contribution < -0.4 is 0 Å². The molecule has 1 aliphatic rings. The average Bonchev–Trinajstić information content (AvgIpc) is 2.06. The van der Waals surface area contributed by atoms with Crippen LogP contribution in [0.15, 0.2) is 0 Å². The van der Waals surface area contributed by atoms with Gasteiger partial charge in [0.15, 0.2) is 0 Å². The van der Waals surface area contributed by atoms with Gasteiger partial charge in [0.25, 0.3) is 0 Å². The Hall–Kier alpha value is 0.430. The average molecular weight is 158 g/mol. The maximum atomic E-state index is 2.36. The zero-order chi connectivity index (χ0) is 7.45. The van der Waals surface area contributed by atoms with E-state index in [4.69, 9.17) is 0 Å². The van der Waals surface area contributed by atoms with Crippen LogP contribution in [0.4, 0.5) is 0 Å². The Labute approximate surface area is 66.6 Å². The highest BCUT2D eigenvalue weighted by molar-refractivity contribution is 7.38. The summed E-state index contributed by atoms with van der Waals surface area (Å²) in [6, 6.07) is 0. The van der Waals surface area contributed by atoms with Crippen LogP contribution in [0.2, 0.25) is 0 Å². The molecule has 1 saturated heterocycles. The number of rotatable bonds is 2. The van der Waals surface area contributed by atoms with E-state index in [1.165, 1.54) is 46.6 Å². The molecule has 0 saturated carbocycles. The Morgan fingerprint density at radius 1 is 1.10 bits per heavy atom. The van der Waals surface area contributed by atoms with Crippen LogP contribution in [0.1, 0.15) is 39.5 Å². The lowest BCUT2D eigenvalue weighted by Crippen LogP contribution is -2.23. The van der Waals surface area contributed by atoms with Crippen LogP contribution in [-0.4, -0.2) is 12.3 Å². The minimum Gasteiger partial charge on any atom is -0.122 e. The van der Waals surface area contributed by atoms with Gasteiger partial charge < -0.3 is 0 Å². The van der Waals surface area contributed by atoms with Crippen molar-refractivity contribution in [2.45, 2.75) is 39.5 Å².